The van der Waals surface area contributed by atoms with Crippen LogP contribution in [-0.2, 0) is 0 Å². The number of rotatable bonds is 48. The fourth-order valence-electron chi connectivity index (χ4n) is 15.3. The van der Waals surface area contributed by atoms with Gasteiger partial charge in [-0.2, -0.15) is 13.7 Å². The van der Waals surface area contributed by atoms with Crippen LogP contribution in [0.25, 0.3) is 0 Å². The molecule has 0 N–H and O–H groups in total. The number of benzene rings is 6. The highest BCUT2D eigenvalue weighted by atomic mass is 35.7. The molecule has 32 heteroatoms. The smallest absolute Gasteiger partial charge is 0.762 e. The maximum absolute atomic E-state index is 9.67. The highest BCUT2D eigenvalue weighted by Crippen LogP contribution is 2.33. The summed E-state index contributed by atoms with van der Waals surface area (Å²) in [5.41, 5.74) is 22.4. The van der Waals surface area contributed by atoms with Crippen LogP contribution in [0, 0.1) is 20.5 Å². The van der Waals surface area contributed by atoms with E-state index in [4.69, 9.17) is 37.3 Å². The molecule has 9 rings (SSSR count). The Morgan fingerprint density at radius 1 is 0.221 bits per heavy atom. The van der Waals surface area contributed by atoms with Gasteiger partial charge in [-0.3, -0.25) is 25.9 Å². The quantitative estimate of drug-likeness (QED) is 0.0150. The third kappa shape index (κ3) is 51.9. The molecule has 0 fully saturated rings. The lowest BCUT2D eigenvalue weighted by Crippen LogP contribution is -3.00. The van der Waals surface area contributed by atoms with Crippen molar-refractivity contribution in [1.29, 1.82) is 0 Å². The molecule has 3 aliphatic carbocycles. The highest BCUT2D eigenvalue weighted by molar-refractivity contribution is 6.33. The van der Waals surface area contributed by atoms with Crippen molar-refractivity contribution in [2.24, 2.45) is 0 Å². The van der Waals surface area contributed by atoms with Crippen molar-refractivity contribution in [2.75, 3.05) is 150 Å². The van der Waals surface area contributed by atoms with Crippen molar-refractivity contribution >= 4 is 118 Å². The highest BCUT2D eigenvalue weighted by Gasteiger charge is 2.24. The van der Waals surface area contributed by atoms with Crippen molar-refractivity contribution in [1.82, 2.24) is 0 Å². The molecule has 776 valence electrons. The molecule has 0 heterocycles. The van der Waals surface area contributed by atoms with E-state index in [1.54, 1.807) is 0 Å². The fourth-order valence-corrected chi connectivity index (χ4v) is 15.3. The van der Waals surface area contributed by atoms with E-state index in [2.05, 4.69) is 401 Å². The second-order valence-electron chi connectivity index (χ2n) is 34.4. The Hall–Kier alpha value is -9.59. The number of halogens is 10. The minimum atomic E-state index is -4.94. The van der Waals surface area contributed by atoms with Gasteiger partial charge >= 0.3 is 15.1 Å². The van der Waals surface area contributed by atoms with E-state index in [0.717, 1.165) is 78.5 Å². The van der Waals surface area contributed by atoms with Gasteiger partial charge in [-0.05, 0) is 148 Å². The number of hydrogen-bond acceptors (Lipinski definition) is 14. The van der Waals surface area contributed by atoms with Crippen LogP contribution in [0.2, 0.25) is 0 Å². The lowest BCUT2D eigenvalue weighted by molar-refractivity contribution is -2.00. The first-order valence-corrected chi connectivity index (χ1v) is 52.4. The zero-order valence-corrected chi connectivity index (χ0v) is 88.3. The average Bonchev–Trinajstić information content (AvgIpc) is 0.821. The molecule has 6 aromatic carbocycles. The molecule has 0 spiro atoms. The maximum atomic E-state index is 9.67. The third-order valence-electron chi connectivity index (χ3n) is 23.9. The first-order chi connectivity index (χ1) is 66.0. The molecule has 0 atom stereocenters. The Morgan fingerprint density at radius 3 is 0.479 bits per heavy atom. The number of unbranched alkanes of at least 4 members (excludes halogenated alkanes) is 12. The van der Waals surface area contributed by atoms with Gasteiger partial charge in [0, 0.05) is 259 Å². The summed E-state index contributed by atoms with van der Waals surface area (Å²) in [6.45, 7) is 40.9. The summed E-state index contributed by atoms with van der Waals surface area (Å²) in [5.74, 6) is 0. The zero-order chi connectivity index (χ0) is 102. The lowest BCUT2D eigenvalue weighted by Gasteiger charge is -2.26. The number of anilines is 9. The molecule has 3 aliphatic rings. The van der Waals surface area contributed by atoms with Crippen molar-refractivity contribution < 1.29 is 121 Å². The minimum Gasteiger partial charge on any atom is -1.00 e. The largest absolute Gasteiger partial charge is 1.00 e. The number of allylic oxidation sites excluding steroid dienone is 12. The van der Waals surface area contributed by atoms with E-state index in [1.807, 2.05) is 0 Å². The molecule has 0 saturated carbocycles. The van der Waals surface area contributed by atoms with Gasteiger partial charge in [0.05, 0.1) is 0 Å². The summed E-state index contributed by atoms with van der Waals surface area (Å²) in [6, 6.07) is 53.9. The monoisotopic (exact) mass is 2000 g/mol. The predicted molar refractivity (Wildman–Crippen MR) is 549 cm³/mol. The van der Waals surface area contributed by atoms with Crippen LogP contribution >= 0.6 is 0 Å². The van der Waals surface area contributed by atoms with Gasteiger partial charge in [0.15, 0.2) is 17.1 Å². The second kappa shape index (κ2) is 73.5. The molecule has 0 unspecified atom stereocenters. The Kier molecular flexibility index (Phi) is 67.4. The van der Waals surface area contributed by atoms with Crippen LogP contribution in [0.15, 0.2) is 219 Å². The molecule has 140 heavy (non-hydrogen) atoms. The Balaban J connectivity index is 0.000000954. The van der Waals surface area contributed by atoms with E-state index in [0.29, 0.717) is 0 Å². The number of hydrogen-bond donors (Lipinski definition) is 0. The predicted octanol–water partition coefficient (Wildman–Crippen LogP) is 12.5. The molecule has 20 nitrogen and oxygen atoms in total. The van der Waals surface area contributed by atoms with Gasteiger partial charge in [0.1, 0.15) is 60.4 Å². The van der Waals surface area contributed by atoms with Gasteiger partial charge in [-0.25, -0.2) is 51.0 Å². The standard InChI is InChI=1S/3C36H54N4.2BF3.2ClHO4.2FH/c3*1-7-11-27-39(28-12-8-2)35-23-19-33(20-24-35)37(5)31-15-17-32(18-16-31)38(6)34-21-25-36(26-22-34)40(29-13-9-3)30-14-10-4;2*2-1(3)4;2*2-1(3,4)5;;/h3*15-26H,7-14,27-30H2,1-6H3;;;2*(H,2,3,4,5);2*1H/q3*+2;;;;;;/p-4. The Morgan fingerprint density at radius 2 is 0.343 bits per heavy atom. The van der Waals surface area contributed by atoms with E-state index >= 15 is 0 Å². The van der Waals surface area contributed by atoms with Crippen LogP contribution in [-0.4, -0.2) is 198 Å². The van der Waals surface area contributed by atoms with Gasteiger partial charge in [-0.15, -0.1) is 20.5 Å². The first kappa shape index (κ1) is 128. The molecular weight excluding hydrogens is 1840 g/mol. The van der Waals surface area contributed by atoms with E-state index < -0.39 is 35.6 Å². The molecular formula is C108H162B2Cl2F8N12O8+2. The summed E-state index contributed by atoms with van der Waals surface area (Å²) in [4.78, 5) is 14.4. The topological polar surface area (TPSA) is 222 Å². The Labute approximate surface area is 839 Å². The van der Waals surface area contributed by atoms with Crippen molar-refractivity contribution in [3.05, 3.63) is 219 Å². The summed E-state index contributed by atoms with van der Waals surface area (Å²) < 4.78 is 140. The van der Waals surface area contributed by atoms with Gasteiger partial charge in [-0.1, -0.05) is 160 Å². The lowest BCUT2D eigenvalue weighted by atomic mass is 10.1. The van der Waals surface area contributed by atoms with E-state index in [-0.39, 0.29) is 9.41 Å². The summed E-state index contributed by atoms with van der Waals surface area (Å²) in [6.07, 6.45) is 57.0. The third-order valence-corrected chi connectivity index (χ3v) is 23.9. The van der Waals surface area contributed by atoms with Crippen LogP contribution in [0.1, 0.15) is 237 Å². The molecule has 0 bridgehead atoms. The van der Waals surface area contributed by atoms with Gasteiger partial charge in [0.2, 0.25) is 34.2 Å². The average molecular weight is 2000 g/mol. The maximum Gasteiger partial charge on any atom is 0.762 e. The zero-order valence-electron chi connectivity index (χ0n) is 86.8. The summed E-state index contributed by atoms with van der Waals surface area (Å²) in [7, 11) is -4.30. The van der Waals surface area contributed by atoms with E-state index in [1.165, 1.54) is 257 Å². The molecule has 6 aromatic rings. The minimum absolute atomic E-state index is 0. The van der Waals surface area contributed by atoms with Crippen molar-refractivity contribution in [2.45, 2.75) is 237 Å². The van der Waals surface area contributed by atoms with Crippen LogP contribution < -0.4 is 76.1 Å². The molecule has 0 radical (unpaired) electrons. The van der Waals surface area contributed by atoms with Gasteiger partial charge < -0.3 is 38.8 Å². The van der Waals surface area contributed by atoms with Crippen LogP contribution in [0.4, 0.5) is 94.1 Å². The normalized spacial score (nSPS) is 12.1. The Bertz CT molecular complexity index is 4200. The summed E-state index contributed by atoms with van der Waals surface area (Å²) >= 11 is 0. The molecule has 0 amide bonds. The summed E-state index contributed by atoms with van der Waals surface area (Å²) in [5, 5.41) is 0. The molecule has 0 aromatic heterocycles. The second-order valence-corrected chi connectivity index (χ2v) is 35.9. The van der Waals surface area contributed by atoms with Crippen molar-refractivity contribution in [3.8, 4) is 0 Å². The first-order valence-electron chi connectivity index (χ1n) is 49.9. The molecule has 0 saturated heterocycles. The van der Waals surface area contributed by atoms with Gasteiger partial charge in [0.25, 0.3) is 0 Å². The SMILES string of the molecule is CCCCN(CCCC)c1ccc(N(C)c2ccc([N+](C)=C3C=CC(=[N+](CCCC)CCCC)C=C3)cc2)cc1.CCCCN(CCCC)c1ccc(N(C)c2ccc([N+](C)=C3C=CC(=[N+](CCCC)CCCC)C=C3)cc2)cc1.CCCCN(CCCC)c1ccc(N(C)c2ccc([N+](C)=C3C=CC(=[N+](CCCC)CCCC)C=C3)cc2)cc1.FB(F)F.FB(F)F.[F-].[F-].[O-][Cl+3]([O-])([O-])[O-].[O-][Cl+3]([O-])([O-])[O-]. The molecule has 0 aliphatic heterocycles. The van der Waals surface area contributed by atoms with Crippen LogP contribution in [0.5, 0.6) is 0 Å². The van der Waals surface area contributed by atoms with E-state index in [9.17, 15) is 25.9 Å². The van der Waals surface area contributed by atoms with Crippen molar-refractivity contribution in [3.63, 3.8) is 0 Å². The fraction of sp³-hybridized carbons (Fsp3) is 0.500. The van der Waals surface area contributed by atoms with Crippen LogP contribution in [0.3, 0.4) is 0 Å². The number of nitrogens with zero attached hydrogens (tertiary/aromatic N) is 12.